The quantitative estimate of drug-likeness (QED) is 0.879. The van der Waals surface area contributed by atoms with Gasteiger partial charge in [-0.1, -0.05) is 18.2 Å². The van der Waals surface area contributed by atoms with Crippen LogP contribution in [0.2, 0.25) is 0 Å². The molecule has 1 aromatic carbocycles. The Morgan fingerprint density at radius 2 is 2.05 bits per heavy atom. The molecular formula is C14H18N2O3S. The first-order valence-corrected chi connectivity index (χ1v) is 8.60. The van der Waals surface area contributed by atoms with Crippen LogP contribution in [0.15, 0.2) is 24.3 Å². The molecule has 5 nitrogen and oxygen atoms in total. The number of anilines is 1. The van der Waals surface area contributed by atoms with Crippen molar-refractivity contribution >= 4 is 21.4 Å². The van der Waals surface area contributed by atoms with E-state index in [9.17, 15) is 13.2 Å². The normalized spacial score (nSPS) is 28.4. The number of para-hydroxylation sites is 1. The summed E-state index contributed by atoms with van der Waals surface area (Å²) >= 11 is 0. The lowest BCUT2D eigenvalue weighted by atomic mass is 9.95. The Bertz CT molecular complexity index is 642. The van der Waals surface area contributed by atoms with Crippen LogP contribution in [0.1, 0.15) is 24.4 Å². The van der Waals surface area contributed by atoms with Crippen LogP contribution in [0, 0.1) is 0 Å². The highest BCUT2D eigenvalue weighted by Crippen LogP contribution is 2.34. The summed E-state index contributed by atoms with van der Waals surface area (Å²) in [6.45, 7) is 0. The Labute approximate surface area is 118 Å². The summed E-state index contributed by atoms with van der Waals surface area (Å²) in [5.41, 5.74) is 1.97. The van der Waals surface area contributed by atoms with E-state index < -0.39 is 9.84 Å². The first kappa shape index (κ1) is 13.6. The van der Waals surface area contributed by atoms with Crippen molar-refractivity contribution in [1.29, 1.82) is 0 Å². The fourth-order valence-corrected chi connectivity index (χ4v) is 4.69. The number of rotatable bonds is 2. The van der Waals surface area contributed by atoms with Crippen molar-refractivity contribution < 1.29 is 13.2 Å². The number of amides is 1. The molecule has 2 unspecified atom stereocenters. The first-order valence-electron chi connectivity index (χ1n) is 6.78. The van der Waals surface area contributed by atoms with Crippen LogP contribution in [-0.4, -0.2) is 38.9 Å². The summed E-state index contributed by atoms with van der Waals surface area (Å²) in [6, 6.07) is 7.64. The Morgan fingerprint density at radius 1 is 1.30 bits per heavy atom. The van der Waals surface area contributed by atoms with Gasteiger partial charge in [0.25, 0.3) is 0 Å². The van der Waals surface area contributed by atoms with Crippen LogP contribution >= 0.6 is 0 Å². The number of hydrogen-bond donors (Lipinski definition) is 1. The molecule has 1 N–H and O–H groups in total. The number of nitrogens with one attached hydrogen (secondary N) is 1. The van der Waals surface area contributed by atoms with Crippen molar-refractivity contribution in [2.24, 2.45) is 0 Å². The Morgan fingerprint density at radius 3 is 2.75 bits per heavy atom. The van der Waals surface area contributed by atoms with Crippen molar-refractivity contribution in [3.05, 3.63) is 29.8 Å². The Kier molecular flexibility index (Phi) is 3.30. The van der Waals surface area contributed by atoms with Crippen molar-refractivity contribution in [2.45, 2.75) is 24.9 Å². The van der Waals surface area contributed by atoms with E-state index in [1.54, 1.807) is 11.9 Å². The number of carbonyl (C=O) groups is 1. The number of sulfone groups is 1. The lowest BCUT2D eigenvalue weighted by Gasteiger charge is -2.33. The topological polar surface area (TPSA) is 66.5 Å². The minimum Gasteiger partial charge on any atom is -0.315 e. The average molecular weight is 294 g/mol. The zero-order valence-electron chi connectivity index (χ0n) is 11.4. The molecule has 1 aromatic rings. The van der Waals surface area contributed by atoms with Gasteiger partial charge in [-0.05, 0) is 18.1 Å². The third kappa shape index (κ3) is 2.45. The predicted octanol–water partition coefficient (Wildman–Crippen LogP) is 0.871. The number of fused-ring (bicyclic) bond motifs is 1. The van der Waals surface area contributed by atoms with Crippen molar-refractivity contribution in [2.75, 3.05) is 23.5 Å². The summed E-state index contributed by atoms with van der Waals surface area (Å²) in [5.74, 6) is 0.477. The lowest BCUT2D eigenvalue weighted by Crippen LogP contribution is -2.41. The molecule has 1 saturated heterocycles. The molecule has 0 radical (unpaired) electrons. The molecule has 0 aliphatic carbocycles. The van der Waals surface area contributed by atoms with E-state index in [0.717, 1.165) is 11.3 Å². The number of nitrogens with zero attached hydrogens (tertiary/aromatic N) is 1. The number of hydrogen-bond acceptors (Lipinski definition) is 4. The summed E-state index contributed by atoms with van der Waals surface area (Å²) in [4.78, 5) is 13.7. The minimum absolute atomic E-state index is 0.0470. The molecule has 108 valence electrons. The second-order valence-electron chi connectivity index (χ2n) is 5.53. The molecular weight excluding hydrogens is 276 g/mol. The van der Waals surface area contributed by atoms with Gasteiger partial charge in [0, 0.05) is 31.2 Å². The molecule has 0 aromatic heterocycles. The maximum Gasteiger partial charge on any atom is 0.228 e. The highest BCUT2D eigenvalue weighted by molar-refractivity contribution is 7.91. The standard InChI is InChI=1S/C14H18N2O3S/c1-16-13-5-3-2-4-11(13)12(8-14(16)17)15-10-6-7-20(18,19)9-10/h2-5,10,12,15H,6-9H2,1H3. The van der Waals surface area contributed by atoms with Gasteiger partial charge in [-0.3, -0.25) is 4.79 Å². The average Bonchev–Trinajstić information content (AvgIpc) is 2.75. The van der Waals surface area contributed by atoms with E-state index in [-0.39, 0.29) is 29.5 Å². The molecule has 0 spiro atoms. The fraction of sp³-hybridized carbons (Fsp3) is 0.500. The van der Waals surface area contributed by atoms with E-state index in [1.165, 1.54) is 0 Å². The van der Waals surface area contributed by atoms with Crippen LogP contribution in [-0.2, 0) is 14.6 Å². The molecule has 20 heavy (non-hydrogen) atoms. The molecule has 0 saturated carbocycles. The lowest BCUT2D eigenvalue weighted by molar-refractivity contribution is -0.119. The van der Waals surface area contributed by atoms with E-state index in [4.69, 9.17) is 0 Å². The summed E-state index contributed by atoms with van der Waals surface area (Å²) in [7, 11) is -1.13. The van der Waals surface area contributed by atoms with Crippen LogP contribution in [0.3, 0.4) is 0 Å². The Balaban J connectivity index is 1.84. The predicted molar refractivity (Wildman–Crippen MR) is 77.4 cm³/mol. The number of carbonyl (C=O) groups excluding carboxylic acids is 1. The third-order valence-corrected chi connectivity index (χ3v) is 5.86. The van der Waals surface area contributed by atoms with Gasteiger partial charge >= 0.3 is 0 Å². The third-order valence-electron chi connectivity index (χ3n) is 4.10. The van der Waals surface area contributed by atoms with Gasteiger partial charge in [-0.15, -0.1) is 0 Å². The van der Waals surface area contributed by atoms with Crippen molar-refractivity contribution in [1.82, 2.24) is 5.32 Å². The largest absolute Gasteiger partial charge is 0.315 e. The van der Waals surface area contributed by atoms with E-state index in [2.05, 4.69) is 5.32 Å². The van der Waals surface area contributed by atoms with Gasteiger partial charge in [0.05, 0.1) is 11.5 Å². The highest BCUT2D eigenvalue weighted by Gasteiger charge is 2.34. The van der Waals surface area contributed by atoms with Crippen LogP contribution in [0.4, 0.5) is 5.69 Å². The van der Waals surface area contributed by atoms with E-state index in [0.29, 0.717) is 12.8 Å². The van der Waals surface area contributed by atoms with Crippen molar-refractivity contribution in [3.63, 3.8) is 0 Å². The van der Waals surface area contributed by atoms with Gasteiger partial charge < -0.3 is 10.2 Å². The smallest absolute Gasteiger partial charge is 0.228 e. The van der Waals surface area contributed by atoms with Gasteiger partial charge in [-0.2, -0.15) is 0 Å². The summed E-state index contributed by atoms with van der Waals surface area (Å²) in [5, 5.41) is 3.35. The molecule has 1 amide bonds. The zero-order valence-corrected chi connectivity index (χ0v) is 12.2. The van der Waals surface area contributed by atoms with Crippen LogP contribution < -0.4 is 10.2 Å². The molecule has 1 fully saturated rings. The second kappa shape index (κ2) is 4.86. The zero-order chi connectivity index (χ0) is 14.3. The molecule has 2 aliphatic heterocycles. The van der Waals surface area contributed by atoms with E-state index in [1.807, 2.05) is 24.3 Å². The van der Waals surface area contributed by atoms with Gasteiger partial charge in [-0.25, -0.2) is 8.42 Å². The van der Waals surface area contributed by atoms with Crippen LogP contribution in [0.25, 0.3) is 0 Å². The second-order valence-corrected chi connectivity index (χ2v) is 7.76. The minimum atomic E-state index is -2.91. The fourth-order valence-electron chi connectivity index (χ4n) is 3.00. The van der Waals surface area contributed by atoms with Crippen molar-refractivity contribution in [3.8, 4) is 0 Å². The maximum absolute atomic E-state index is 12.0. The molecule has 3 rings (SSSR count). The first-order chi connectivity index (χ1) is 9.46. The molecule has 2 atom stereocenters. The SMILES string of the molecule is CN1C(=O)CC(NC2CCS(=O)(=O)C2)c2ccccc21. The van der Waals surface area contributed by atoms with Gasteiger partial charge in [0.1, 0.15) is 0 Å². The van der Waals surface area contributed by atoms with Crippen LogP contribution in [0.5, 0.6) is 0 Å². The molecule has 2 aliphatic rings. The number of benzene rings is 1. The summed E-state index contributed by atoms with van der Waals surface area (Å²) < 4.78 is 23.1. The van der Waals surface area contributed by atoms with E-state index >= 15 is 0 Å². The maximum atomic E-state index is 12.0. The summed E-state index contributed by atoms with van der Waals surface area (Å²) in [6.07, 6.45) is 1.01. The van der Waals surface area contributed by atoms with Gasteiger partial charge in [0.2, 0.25) is 5.91 Å². The molecule has 6 heteroatoms. The Hall–Kier alpha value is -1.40. The van der Waals surface area contributed by atoms with Gasteiger partial charge in [0.15, 0.2) is 9.84 Å². The molecule has 0 bridgehead atoms. The highest BCUT2D eigenvalue weighted by atomic mass is 32.2. The molecule has 2 heterocycles. The monoisotopic (exact) mass is 294 g/mol.